The zero-order valence-corrected chi connectivity index (χ0v) is 24.1. The van der Waals surface area contributed by atoms with Gasteiger partial charge in [0.25, 0.3) is 0 Å². The fourth-order valence-electron chi connectivity index (χ4n) is 8.26. The Kier molecular flexibility index (Phi) is 5.70. The minimum atomic E-state index is -0.145. The Morgan fingerprint density at radius 1 is 0.615 bits per heavy atom. The lowest BCUT2D eigenvalue weighted by Gasteiger charge is -2.51. The van der Waals surface area contributed by atoms with Crippen LogP contribution in [-0.4, -0.2) is 26.4 Å². The molecular formula is C35H38O4. The summed E-state index contributed by atoms with van der Waals surface area (Å²) in [6.45, 7) is 9.59. The Hall–Kier alpha value is -3.66. The molecule has 0 aliphatic heterocycles. The highest BCUT2D eigenvalue weighted by atomic mass is 16.5. The van der Waals surface area contributed by atoms with E-state index in [-0.39, 0.29) is 16.2 Å². The van der Waals surface area contributed by atoms with Crippen LogP contribution in [0.1, 0.15) is 58.1 Å². The van der Waals surface area contributed by atoms with E-state index >= 15 is 0 Å². The average molecular weight is 523 g/mol. The smallest absolute Gasteiger partial charge is 0.130 e. The highest BCUT2D eigenvalue weighted by Crippen LogP contribution is 2.65. The highest BCUT2D eigenvalue weighted by molar-refractivity contribution is 6.07. The van der Waals surface area contributed by atoms with E-state index in [1.807, 2.05) is 24.3 Å². The minimum Gasteiger partial charge on any atom is -0.507 e. The molecule has 0 atom stereocenters. The largest absolute Gasteiger partial charge is 0.507 e. The number of rotatable bonds is 4. The fraction of sp³-hybridized carbons (Fsp3) is 0.371. The van der Waals surface area contributed by atoms with Gasteiger partial charge in [-0.05, 0) is 88.1 Å². The molecule has 0 bridgehead atoms. The second-order valence-corrected chi connectivity index (χ2v) is 13.0. The maximum Gasteiger partial charge on any atom is 0.130 e. The van der Waals surface area contributed by atoms with E-state index in [1.165, 1.54) is 28.7 Å². The summed E-state index contributed by atoms with van der Waals surface area (Å²) in [6, 6.07) is 20.8. The topological polar surface area (TPSA) is 47.9 Å². The standard InChI is InChI=1S/C35H38O4/c1-33(2)18-34(3,4)20-35(19-33)27-11-9-8-10-23(27)32-26-16-31(39-7)25(15-24(26)29(36)17-28(32)35)22-13-12-21(37-5)14-30(22)38-6/h8-17,36H,18-20H2,1-7H3. The van der Waals surface area contributed by atoms with Crippen molar-refractivity contribution in [3.8, 4) is 45.3 Å². The Morgan fingerprint density at radius 2 is 1.28 bits per heavy atom. The van der Waals surface area contributed by atoms with Gasteiger partial charge in [-0.15, -0.1) is 0 Å². The van der Waals surface area contributed by atoms with Crippen LogP contribution in [0.25, 0.3) is 33.0 Å². The van der Waals surface area contributed by atoms with Crippen molar-refractivity contribution in [3.05, 3.63) is 71.8 Å². The third-order valence-electron chi connectivity index (χ3n) is 8.88. The average Bonchev–Trinajstić information content (AvgIpc) is 3.14. The molecule has 0 amide bonds. The molecule has 2 aliphatic rings. The van der Waals surface area contributed by atoms with E-state index in [0.29, 0.717) is 11.5 Å². The molecule has 0 radical (unpaired) electrons. The molecule has 0 saturated heterocycles. The first kappa shape index (κ1) is 25.6. The van der Waals surface area contributed by atoms with Crippen molar-refractivity contribution in [1.82, 2.24) is 0 Å². The van der Waals surface area contributed by atoms with Gasteiger partial charge in [0.2, 0.25) is 0 Å². The van der Waals surface area contributed by atoms with E-state index in [2.05, 4.69) is 64.1 Å². The molecule has 202 valence electrons. The van der Waals surface area contributed by atoms with E-state index in [4.69, 9.17) is 14.2 Å². The summed E-state index contributed by atoms with van der Waals surface area (Å²) < 4.78 is 17.1. The van der Waals surface area contributed by atoms with Gasteiger partial charge in [0.1, 0.15) is 23.0 Å². The maximum atomic E-state index is 11.6. The van der Waals surface area contributed by atoms with E-state index in [0.717, 1.165) is 46.2 Å². The molecule has 1 N–H and O–H groups in total. The summed E-state index contributed by atoms with van der Waals surface area (Å²) in [5.74, 6) is 2.44. The molecule has 2 aliphatic carbocycles. The van der Waals surface area contributed by atoms with Gasteiger partial charge in [-0.1, -0.05) is 52.0 Å². The number of methoxy groups -OCH3 is 3. The number of phenols is 1. The van der Waals surface area contributed by atoms with E-state index < -0.39 is 0 Å². The molecule has 1 saturated carbocycles. The lowest BCUT2D eigenvalue weighted by atomic mass is 9.52. The maximum absolute atomic E-state index is 11.6. The van der Waals surface area contributed by atoms with Crippen molar-refractivity contribution in [2.45, 2.75) is 52.4 Å². The molecule has 4 aromatic rings. The number of ether oxygens (including phenoxy) is 3. The molecule has 0 aromatic heterocycles. The van der Waals surface area contributed by atoms with Crippen LogP contribution in [0.4, 0.5) is 0 Å². The molecule has 6 rings (SSSR count). The second-order valence-electron chi connectivity index (χ2n) is 13.0. The van der Waals surface area contributed by atoms with Gasteiger partial charge >= 0.3 is 0 Å². The predicted molar refractivity (Wildman–Crippen MR) is 158 cm³/mol. The molecule has 4 nitrogen and oxygen atoms in total. The second kappa shape index (κ2) is 8.67. The van der Waals surface area contributed by atoms with Crippen molar-refractivity contribution in [2.24, 2.45) is 10.8 Å². The Balaban J connectivity index is 1.66. The fourth-order valence-corrected chi connectivity index (χ4v) is 8.26. The minimum absolute atomic E-state index is 0.145. The summed E-state index contributed by atoms with van der Waals surface area (Å²) in [7, 11) is 4.99. The molecule has 0 heterocycles. The van der Waals surface area contributed by atoms with E-state index in [1.54, 1.807) is 21.3 Å². The Bertz CT molecular complexity index is 1600. The van der Waals surface area contributed by atoms with Crippen molar-refractivity contribution in [1.29, 1.82) is 0 Å². The number of hydrogen-bond acceptors (Lipinski definition) is 4. The lowest BCUT2D eigenvalue weighted by Crippen LogP contribution is -2.43. The van der Waals surface area contributed by atoms with Gasteiger partial charge in [0.15, 0.2) is 0 Å². The molecule has 1 spiro atoms. The molecule has 39 heavy (non-hydrogen) atoms. The highest BCUT2D eigenvalue weighted by Gasteiger charge is 2.53. The van der Waals surface area contributed by atoms with Gasteiger partial charge in [-0.3, -0.25) is 0 Å². The quantitative estimate of drug-likeness (QED) is 0.291. The van der Waals surface area contributed by atoms with E-state index in [9.17, 15) is 5.11 Å². The van der Waals surface area contributed by atoms with Crippen molar-refractivity contribution in [2.75, 3.05) is 21.3 Å². The SMILES string of the molecule is COc1ccc(-c2cc3c(O)cc4c(c3cc2OC)-c2ccccc2C42CC(C)(C)CC(C)(C)C2)c(OC)c1. The summed E-state index contributed by atoms with van der Waals surface area (Å²) in [4.78, 5) is 0. The number of hydrogen-bond donors (Lipinski definition) is 1. The monoisotopic (exact) mass is 522 g/mol. The number of benzene rings is 4. The normalized spacial score (nSPS) is 18.0. The predicted octanol–water partition coefficient (Wildman–Crippen LogP) is 8.74. The van der Waals surface area contributed by atoms with Gasteiger partial charge in [-0.25, -0.2) is 0 Å². The summed E-state index contributed by atoms with van der Waals surface area (Å²) in [5, 5.41) is 13.5. The first-order valence-electron chi connectivity index (χ1n) is 13.7. The molecule has 0 unspecified atom stereocenters. The van der Waals surface area contributed by atoms with Crippen molar-refractivity contribution in [3.63, 3.8) is 0 Å². The van der Waals surface area contributed by atoms with Crippen LogP contribution in [0.2, 0.25) is 0 Å². The van der Waals surface area contributed by atoms with Crippen LogP contribution < -0.4 is 14.2 Å². The molecule has 1 fully saturated rings. The number of phenolic OH excluding ortho intramolecular Hbond substituents is 1. The number of fused-ring (bicyclic) bond motifs is 7. The van der Waals surface area contributed by atoms with Crippen LogP contribution in [0.15, 0.2) is 60.7 Å². The van der Waals surface area contributed by atoms with Gasteiger partial charge in [0.05, 0.1) is 21.3 Å². The summed E-state index contributed by atoms with van der Waals surface area (Å²) in [5.41, 5.74) is 7.06. The van der Waals surface area contributed by atoms with Crippen LogP contribution in [-0.2, 0) is 5.41 Å². The zero-order chi connectivity index (χ0) is 27.7. The van der Waals surface area contributed by atoms with Gasteiger partial charge in [-0.2, -0.15) is 0 Å². The summed E-state index contributed by atoms with van der Waals surface area (Å²) >= 11 is 0. The lowest BCUT2D eigenvalue weighted by molar-refractivity contribution is 0.0645. The third-order valence-corrected chi connectivity index (χ3v) is 8.88. The van der Waals surface area contributed by atoms with Crippen LogP contribution >= 0.6 is 0 Å². The molecular weight excluding hydrogens is 484 g/mol. The van der Waals surface area contributed by atoms with Gasteiger partial charge in [0, 0.05) is 28.0 Å². The third kappa shape index (κ3) is 3.87. The molecule has 4 aromatic carbocycles. The first-order valence-corrected chi connectivity index (χ1v) is 13.7. The van der Waals surface area contributed by atoms with Crippen molar-refractivity contribution < 1.29 is 19.3 Å². The first-order chi connectivity index (χ1) is 18.5. The zero-order valence-electron chi connectivity index (χ0n) is 24.1. The van der Waals surface area contributed by atoms with Crippen LogP contribution in [0.3, 0.4) is 0 Å². The summed E-state index contributed by atoms with van der Waals surface area (Å²) in [6.07, 6.45) is 3.28. The Labute approximate surface area is 231 Å². The Morgan fingerprint density at radius 3 is 1.95 bits per heavy atom. The molecule has 4 heteroatoms. The van der Waals surface area contributed by atoms with Crippen LogP contribution in [0, 0.1) is 10.8 Å². The number of aromatic hydroxyl groups is 1. The van der Waals surface area contributed by atoms with Crippen molar-refractivity contribution >= 4 is 10.8 Å². The van der Waals surface area contributed by atoms with Crippen LogP contribution in [0.5, 0.6) is 23.0 Å². The van der Waals surface area contributed by atoms with Gasteiger partial charge < -0.3 is 19.3 Å².